The molecule has 3 atom stereocenters. The van der Waals surface area contributed by atoms with Crippen LogP contribution in [0, 0.1) is 6.92 Å². The second-order valence-electron chi connectivity index (χ2n) is 18.0. The lowest BCUT2D eigenvalue weighted by Gasteiger charge is -2.19. The number of rotatable bonds is 30. The van der Waals surface area contributed by atoms with Crippen LogP contribution < -0.4 is 32.6 Å². The van der Waals surface area contributed by atoms with Gasteiger partial charge in [-0.2, -0.15) is 21.0 Å². The Morgan fingerprint density at radius 1 is 0.722 bits per heavy atom. The van der Waals surface area contributed by atoms with Crippen LogP contribution in [0.2, 0.25) is 0 Å². The van der Waals surface area contributed by atoms with E-state index in [9.17, 15) is 44.3 Å². The number of hydrogen-bond acceptors (Lipinski definition) is 17. The highest BCUT2D eigenvalue weighted by Gasteiger charge is 2.24. The number of methoxy groups -OCH3 is 2. The molecule has 0 aliphatic rings. The number of carbonyl (C=O) groups is 1. The highest BCUT2D eigenvalue weighted by Crippen LogP contribution is 2.40. The van der Waals surface area contributed by atoms with Gasteiger partial charge in [0.05, 0.1) is 40.3 Å². The number of aromatic hydroxyl groups is 1. The number of anilines is 2. The maximum Gasteiger partial charge on any atom is 0.316 e. The van der Waals surface area contributed by atoms with E-state index in [2.05, 4.69) is 42.5 Å². The summed E-state index contributed by atoms with van der Waals surface area (Å²) in [7, 11) is -7.24. The number of nitrogens with zero attached hydrogens (tertiary/aromatic N) is 5. The summed E-state index contributed by atoms with van der Waals surface area (Å²) in [6, 6.07) is 24.8. The number of nitrogens with one attached hydrogen (secondary N) is 3. The number of phenols is 1. The van der Waals surface area contributed by atoms with Gasteiger partial charge in [0, 0.05) is 30.3 Å². The number of unbranched alkanes of at least 4 members (excludes halogenated alkanes) is 7. The first-order valence-electron chi connectivity index (χ1n) is 24.9. The topological polar surface area (TPSA) is 321 Å². The number of hydrogen-bond donors (Lipinski definition) is 6. The maximum absolute atomic E-state index is 13.8. The summed E-state index contributed by atoms with van der Waals surface area (Å²) in [6.45, 7) is 3.97. The number of phenolic OH excluding ortho intramolecular Hbond substituents is 1. The third-order valence-electron chi connectivity index (χ3n) is 12.2. The quantitative estimate of drug-likeness (QED) is 0.0138. The molecule has 5 aromatic carbocycles. The first-order valence-corrected chi connectivity index (χ1v) is 30.0. The van der Waals surface area contributed by atoms with Crippen molar-refractivity contribution in [1.82, 2.24) is 19.8 Å². The van der Waals surface area contributed by atoms with Gasteiger partial charge in [0.2, 0.25) is 16.7 Å². The fourth-order valence-corrected chi connectivity index (χ4v) is 10.6. The Morgan fingerprint density at radius 3 is 1.99 bits per heavy atom. The lowest BCUT2D eigenvalue weighted by molar-refractivity contribution is -0.123. The Bertz CT molecular complexity index is 3470. The highest BCUT2D eigenvalue weighted by molar-refractivity contribution is 7.86. The summed E-state index contributed by atoms with van der Waals surface area (Å²) < 4.78 is 124. The number of benzene rings is 5. The van der Waals surface area contributed by atoms with E-state index in [0.29, 0.717) is 88.8 Å². The predicted octanol–water partition coefficient (Wildman–Crippen LogP) is 10.3. The molecule has 1 amide bonds. The van der Waals surface area contributed by atoms with Gasteiger partial charge in [-0.3, -0.25) is 23.7 Å². The van der Waals surface area contributed by atoms with E-state index in [0.717, 1.165) is 31.2 Å². The number of H-pyrrole nitrogens is 1. The number of fused-ring (bicyclic) bond motifs is 1. The van der Waals surface area contributed by atoms with Gasteiger partial charge in [-0.25, -0.2) is 8.72 Å². The fourth-order valence-electron chi connectivity index (χ4n) is 8.06. The zero-order valence-corrected chi connectivity index (χ0v) is 46.8. The lowest BCUT2D eigenvalue weighted by Crippen LogP contribution is -2.33. The third-order valence-corrected chi connectivity index (χ3v) is 15.5. The molecule has 79 heavy (non-hydrogen) atoms. The van der Waals surface area contributed by atoms with Crippen LogP contribution in [0.4, 0.5) is 22.7 Å². The summed E-state index contributed by atoms with van der Waals surface area (Å²) in [6.07, 6.45) is 10.5. The molecule has 0 bridgehead atoms. The molecule has 0 aliphatic heterocycles. The van der Waals surface area contributed by atoms with E-state index < -0.39 is 64.2 Å². The molecule has 0 saturated carbocycles. The van der Waals surface area contributed by atoms with Crippen LogP contribution in [-0.4, -0.2) is 85.5 Å². The van der Waals surface area contributed by atoms with Crippen LogP contribution >= 0.6 is 0 Å². The molecule has 0 saturated heterocycles. The van der Waals surface area contributed by atoms with Crippen molar-refractivity contribution >= 4 is 76.9 Å². The smallest absolute Gasteiger partial charge is 0.316 e. The number of azo groups is 1. The SMILES string of the molecule is CCCCCCCCCCC(Oc1ccc(S(=O)Oc2ccc(O)cc2)cc1)C(=O)Nc1ccc(CCCc2nnc3c(N=Nc4cc(NS(=O)Oc5cc(S(=O)(=O)O)cc(S(=O)(=O)O)c5)c(OC)cc4OC)c(C)[nH]n23)cc1. The molecule has 2 heterocycles. The third kappa shape index (κ3) is 16.8. The summed E-state index contributed by atoms with van der Waals surface area (Å²) in [5, 5.41) is 33.4. The van der Waals surface area contributed by atoms with E-state index >= 15 is 0 Å². The molecule has 6 N–H and O–H groups in total. The summed E-state index contributed by atoms with van der Waals surface area (Å²) in [5.41, 5.74) is 3.16. The fraction of sp³-hybridized carbons (Fsp3) is 0.327. The van der Waals surface area contributed by atoms with Crippen molar-refractivity contribution in [2.45, 2.75) is 112 Å². The number of carbonyl (C=O) groups excluding carboxylic acids is 1. The Kier molecular flexibility index (Phi) is 20.6. The van der Waals surface area contributed by atoms with Gasteiger partial charge in [0.15, 0.2) is 17.6 Å². The van der Waals surface area contributed by atoms with Crippen molar-refractivity contribution in [2.24, 2.45) is 10.2 Å². The molecular formula is C52H60N8O15S4. The van der Waals surface area contributed by atoms with E-state index in [4.69, 9.17) is 22.6 Å². The number of aryl methyl sites for hydroxylation is 3. The number of aromatic amines is 1. The predicted molar refractivity (Wildman–Crippen MR) is 295 cm³/mol. The average Bonchev–Trinajstić information content (AvgIpc) is 4.03. The molecular weight excluding hydrogens is 1100 g/mol. The van der Waals surface area contributed by atoms with Gasteiger partial charge >= 0.3 is 11.3 Å². The molecule has 3 unspecified atom stereocenters. The molecule has 422 valence electrons. The highest BCUT2D eigenvalue weighted by atomic mass is 32.2. The molecule has 0 spiro atoms. The molecule has 0 aliphatic carbocycles. The lowest BCUT2D eigenvalue weighted by atomic mass is 10.0. The molecule has 0 fully saturated rings. The van der Waals surface area contributed by atoms with Crippen LogP contribution in [0.5, 0.6) is 34.5 Å². The van der Waals surface area contributed by atoms with Gasteiger partial charge < -0.3 is 33.0 Å². The Labute approximate surface area is 462 Å². The first kappa shape index (κ1) is 59.2. The largest absolute Gasteiger partial charge is 0.508 e. The number of ether oxygens (including phenoxy) is 3. The monoisotopic (exact) mass is 1160 g/mol. The van der Waals surface area contributed by atoms with Gasteiger partial charge in [-0.15, -0.1) is 20.4 Å². The van der Waals surface area contributed by atoms with E-state index in [1.165, 1.54) is 76.3 Å². The van der Waals surface area contributed by atoms with Crippen molar-refractivity contribution in [1.29, 1.82) is 0 Å². The van der Waals surface area contributed by atoms with E-state index in [1.807, 2.05) is 24.3 Å². The van der Waals surface area contributed by atoms with Crippen LogP contribution in [-0.2, 0) is 60.2 Å². The summed E-state index contributed by atoms with van der Waals surface area (Å²) in [5.74, 6) is 0.898. The van der Waals surface area contributed by atoms with E-state index in [-0.39, 0.29) is 34.5 Å². The Balaban J connectivity index is 0.959. The van der Waals surface area contributed by atoms with Gasteiger partial charge in [0.25, 0.3) is 26.1 Å². The van der Waals surface area contributed by atoms with Gasteiger partial charge in [-0.1, -0.05) is 64.0 Å². The molecule has 27 heteroatoms. The molecule has 2 aromatic heterocycles. The van der Waals surface area contributed by atoms with Crippen molar-refractivity contribution in [3.63, 3.8) is 0 Å². The van der Waals surface area contributed by atoms with Crippen molar-refractivity contribution < 1.29 is 66.8 Å². The normalized spacial score (nSPS) is 13.0. The number of aromatic nitrogens is 4. The first-order chi connectivity index (χ1) is 37.8. The summed E-state index contributed by atoms with van der Waals surface area (Å²) >= 11 is -4.38. The van der Waals surface area contributed by atoms with Crippen molar-refractivity contribution in [2.75, 3.05) is 24.3 Å². The minimum atomic E-state index is -4.97. The van der Waals surface area contributed by atoms with E-state index in [1.54, 1.807) is 35.7 Å². The number of amides is 1. The van der Waals surface area contributed by atoms with Crippen LogP contribution in [0.3, 0.4) is 0 Å². The summed E-state index contributed by atoms with van der Waals surface area (Å²) in [4.78, 5) is 12.3. The standard InChI is InChI=1S/C52H60N8O15S4/c1-5-6-7-8-9-10-11-12-15-46(73-38-25-27-41(28-26-38)76(63)74-39-23-21-37(61)22-24-39)52(62)53-36-19-17-35(18-20-36)14-13-16-49-55-57-51-50(34(2)58-60(49)51)56-54-44-32-45(48(72-4)33-47(44)71-3)59-77(64)75-40-29-42(78(65,66)67)31-43(30-40)79(68,69)70/h17-33,46,58-59,61H,5-16H2,1-4H3,(H,53,62)(H,65,66,67)(H,68,69,70). The molecule has 23 nitrogen and oxygen atoms in total. The van der Waals surface area contributed by atoms with Crippen molar-refractivity contribution in [3.8, 4) is 34.5 Å². The Morgan fingerprint density at radius 2 is 1.35 bits per heavy atom. The second kappa shape index (κ2) is 27.4. The zero-order chi connectivity index (χ0) is 56.7. The van der Waals surface area contributed by atoms with Gasteiger partial charge in [-0.05, 0) is 111 Å². The van der Waals surface area contributed by atoms with Crippen LogP contribution in [0.1, 0.15) is 88.2 Å². The molecule has 7 rings (SSSR count). The van der Waals surface area contributed by atoms with Crippen LogP contribution in [0.15, 0.2) is 128 Å². The van der Waals surface area contributed by atoms with Gasteiger partial charge in [0.1, 0.15) is 40.2 Å². The minimum Gasteiger partial charge on any atom is -0.508 e. The Hall–Kier alpha value is -7.43. The maximum atomic E-state index is 13.8. The molecule has 7 aromatic rings. The minimum absolute atomic E-state index is 0.0244. The second-order valence-corrected chi connectivity index (χ2v) is 22.8. The van der Waals surface area contributed by atoms with Crippen molar-refractivity contribution in [3.05, 3.63) is 120 Å². The van der Waals surface area contributed by atoms with Crippen LogP contribution in [0.25, 0.3) is 5.65 Å². The molecule has 0 radical (unpaired) electrons. The zero-order valence-electron chi connectivity index (χ0n) is 43.5. The average molecular weight is 1170 g/mol.